The van der Waals surface area contributed by atoms with Crippen molar-refractivity contribution in [1.82, 2.24) is 5.32 Å². The summed E-state index contributed by atoms with van der Waals surface area (Å²) in [5, 5.41) is 22.6. The summed E-state index contributed by atoms with van der Waals surface area (Å²) in [4.78, 5) is 33.4. The van der Waals surface area contributed by atoms with Crippen molar-refractivity contribution in [1.29, 1.82) is 0 Å². The normalized spacial score (nSPS) is 21.1. The van der Waals surface area contributed by atoms with Crippen molar-refractivity contribution < 1.29 is 19.6 Å². The molecule has 1 amide bonds. The van der Waals surface area contributed by atoms with E-state index >= 15 is 0 Å². The van der Waals surface area contributed by atoms with Gasteiger partial charge in [-0.1, -0.05) is 18.2 Å². The van der Waals surface area contributed by atoms with Gasteiger partial charge in [-0.3, -0.25) is 19.7 Å². The number of nitro groups is 1. The number of para-hydroxylation sites is 1. The smallest absolute Gasteiger partial charge is 0.306 e. The molecule has 0 aliphatic heterocycles. The summed E-state index contributed by atoms with van der Waals surface area (Å²) >= 11 is 0. The molecule has 1 aromatic rings. The zero-order valence-electron chi connectivity index (χ0n) is 12.0. The molecule has 0 spiro atoms. The first-order valence-corrected chi connectivity index (χ1v) is 7.22. The van der Waals surface area contributed by atoms with E-state index in [-0.39, 0.29) is 30.0 Å². The van der Waals surface area contributed by atoms with Gasteiger partial charge in [-0.05, 0) is 25.7 Å². The highest BCUT2D eigenvalue weighted by Gasteiger charge is 2.29. The van der Waals surface area contributed by atoms with Crippen LogP contribution in [0.1, 0.15) is 31.2 Å². The van der Waals surface area contributed by atoms with E-state index < -0.39 is 10.9 Å². The molecule has 1 fully saturated rings. The molecule has 1 aromatic carbocycles. The summed E-state index contributed by atoms with van der Waals surface area (Å²) < 4.78 is 0. The van der Waals surface area contributed by atoms with Crippen LogP contribution in [0.15, 0.2) is 24.3 Å². The molecule has 0 bridgehead atoms. The molecule has 2 N–H and O–H groups in total. The van der Waals surface area contributed by atoms with Gasteiger partial charge in [-0.15, -0.1) is 0 Å². The van der Waals surface area contributed by atoms with Crippen LogP contribution in [0.5, 0.6) is 0 Å². The molecule has 7 nitrogen and oxygen atoms in total. The summed E-state index contributed by atoms with van der Waals surface area (Å²) in [6.45, 7) is 0.106. The Kier molecular flexibility index (Phi) is 5.08. The molecule has 1 saturated carbocycles. The third kappa shape index (κ3) is 3.81. The Balaban J connectivity index is 1.89. The maximum Gasteiger partial charge on any atom is 0.306 e. The third-order valence-electron chi connectivity index (χ3n) is 4.09. The van der Waals surface area contributed by atoms with Gasteiger partial charge in [0, 0.05) is 24.1 Å². The zero-order valence-corrected chi connectivity index (χ0v) is 12.0. The Morgan fingerprint density at radius 2 is 1.77 bits per heavy atom. The SMILES string of the molecule is O=C(O)C1CCC(C(=O)NCc2ccccc2[N+](=O)[O-])CC1. The molecule has 118 valence electrons. The van der Waals surface area contributed by atoms with E-state index in [9.17, 15) is 19.7 Å². The highest BCUT2D eigenvalue weighted by molar-refractivity contribution is 5.79. The molecule has 0 heterocycles. The van der Waals surface area contributed by atoms with Gasteiger partial charge in [0.2, 0.25) is 5.91 Å². The maximum absolute atomic E-state index is 12.1. The number of amides is 1. The average Bonchev–Trinajstić information content (AvgIpc) is 2.52. The van der Waals surface area contributed by atoms with Gasteiger partial charge in [-0.25, -0.2) is 0 Å². The van der Waals surface area contributed by atoms with Gasteiger partial charge in [0.05, 0.1) is 10.8 Å². The Morgan fingerprint density at radius 3 is 2.36 bits per heavy atom. The Hall–Kier alpha value is -2.44. The van der Waals surface area contributed by atoms with E-state index in [0.29, 0.717) is 31.2 Å². The van der Waals surface area contributed by atoms with E-state index in [1.807, 2.05) is 0 Å². The molecular weight excluding hydrogens is 288 g/mol. The number of nitrogens with one attached hydrogen (secondary N) is 1. The molecule has 7 heteroatoms. The molecule has 0 saturated heterocycles. The number of carboxylic acid groups (broad SMARTS) is 1. The largest absolute Gasteiger partial charge is 0.481 e. The van der Waals surface area contributed by atoms with Gasteiger partial charge in [-0.2, -0.15) is 0 Å². The van der Waals surface area contributed by atoms with E-state index in [1.54, 1.807) is 18.2 Å². The second-order valence-corrected chi connectivity index (χ2v) is 5.49. The average molecular weight is 306 g/mol. The van der Waals surface area contributed by atoms with Gasteiger partial charge in [0.25, 0.3) is 5.69 Å². The van der Waals surface area contributed by atoms with Crippen LogP contribution in [0.25, 0.3) is 0 Å². The van der Waals surface area contributed by atoms with Gasteiger partial charge in [0.1, 0.15) is 0 Å². The summed E-state index contributed by atoms with van der Waals surface area (Å²) in [6.07, 6.45) is 2.08. The van der Waals surface area contributed by atoms with Crippen LogP contribution < -0.4 is 5.32 Å². The standard InChI is InChI=1S/C15H18N2O5/c18-14(10-5-7-11(8-6-10)15(19)20)16-9-12-3-1-2-4-13(12)17(21)22/h1-4,10-11H,5-9H2,(H,16,18)(H,19,20). The fourth-order valence-corrected chi connectivity index (χ4v) is 2.77. The number of aliphatic carboxylic acids is 1. The quantitative estimate of drug-likeness (QED) is 0.639. The predicted octanol–water partition coefficient (Wildman–Crippen LogP) is 2.10. The van der Waals surface area contributed by atoms with E-state index in [2.05, 4.69) is 5.32 Å². The number of nitro benzene ring substituents is 1. The predicted molar refractivity (Wildman–Crippen MR) is 78.0 cm³/mol. The lowest BCUT2D eigenvalue weighted by molar-refractivity contribution is -0.385. The number of carboxylic acids is 1. The first-order chi connectivity index (χ1) is 10.5. The summed E-state index contributed by atoms with van der Waals surface area (Å²) in [6, 6.07) is 6.28. The Bertz CT molecular complexity index is 579. The van der Waals surface area contributed by atoms with Crippen molar-refractivity contribution in [2.75, 3.05) is 0 Å². The van der Waals surface area contributed by atoms with Gasteiger partial charge < -0.3 is 10.4 Å². The molecular formula is C15H18N2O5. The van der Waals surface area contributed by atoms with Crippen molar-refractivity contribution >= 4 is 17.6 Å². The van der Waals surface area contributed by atoms with Crippen molar-refractivity contribution in [2.45, 2.75) is 32.2 Å². The van der Waals surface area contributed by atoms with E-state index in [1.165, 1.54) is 6.07 Å². The number of nitrogens with zero attached hydrogens (tertiary/aromatic N) is 1. The van der Waals surface area contributed by atoms with E-state index in [0.717, 1.165) is 0 Å². The number of benzene rings is 1. The lowest BCUT2D eigenvalue weighted by atomic mass is 9.81. The number of rotatable bonds is 5. The van der Waals surface area contributed by atoms with Gasteiger partial charge >= 0.3 is 5.97 Å². The number of hydrogen-bond donors (Lipinski definition) is 2. The second-order valence-electron chi connectivity index (χ2n) is 5.49. The third-order valence-corrected chi connectivity index (χ3v) is 4.09. The highest BCUT2D eigenvalue weighted by atomic mass is 16.6. The molecule has 1 aliphatic rings. The van der Waals surface area contributed by atoms with Crippen molar-refractivity contribution in [3.8, 4) is 0 Å². The summed E-state index contributed by atoms with van der Waals surface area (Å²) in [7, 11) is 0. The molecule has 0 unspecified atom stereocenters. The first-order valence-electron chi connectivity index (χ1n) is 7.22. The van der Waals surface area contributed by atoms with E-state index in [4.69, 9.17) is 5.11 Å². The molecule has 0 atom stereocenters. The highest BCUT2D eigenvalue weighted by Crippen LogP contribution is 2.29. The van der Waals surface area contributed by atoms with Gasteiger partial charge in [0.15, 0.2) is 0 Å². The van der Waals surface area contributed by atoms with Crippen molar-refractivity contribution in [3.05, 3.63) is 39.9 Å². The molecule has 0 radical (unpaired) electrons. The molecule has 0 aromatic heterocycles. The maximum atomic E-state index is 12.1. The molecule has 2 rings (SSSR count). The minimum Gasteiger partial charge on any atom is -0.481 e. The fraction of sp³-hybridized carbons (Fsp3) is 0.467. The number of carbonyl (C=O) groups is 2. The van der Waals surface area contributed by atoms with Crippen LogP contribution in [0.3, 0.4) is 0 Å². The van der Waals surface area contributed by atoms with Crippen LogP contribution in [-0.2, 0) is 16.1 Å². The zero-order chi connectivity index (χ0) is 16.1. The summed E-state index contributed by atoms with van der Waals surface area (Å²) in [5.41, 5.74) is 0.442. The number of carbonyl (C=O) groups excluding carboxylic acids is 1. The fourth-order valence-electron chi connectivity index (χ4n) is 2.77. The Labute approximate surface area is 127 Å². The monoisotopic (exact) mass is 306 g/mol. The topological polar surface area (TPSA) is 110 Å². The van der Waals surface area contributed by atoms with Crippen molar-refractivity contribution in [3.63, 3.8) is 0 Å². The lowest BCUT2D eigenvalue weighted by Crippen LogP contribution is -2.34. The number of hydrogen-bond acceptors (Lipinski definition) is 4. The van der Waals surface area contributed by atoms with Crippen LogP contribution in [0.4, 0.5) is 5.69 Å². The summed E-state index contributed by atoms with van der Waals surface area (Å²) in [5.74, 6) is -1.54. The van der Waals surface area contributed by atoms with Crippen LogP contribution in [0.2, 0.25) is 0 Å². The minimum absolute atomic E-state index is 0.0163. The Morgan fingerprint density at radius 1 is 1.18 bits per heavy atom. The molecule has 22 heavy (non-hydrogen) atoms. The first kappa shape index (κ1) is 15.9. The minimum atomic E-state index is -0.807. The van der Waals surface area contributed by atoms with Crippen LogP contribution in [0, 0.1) is 22.0 Å². The van der Waals surface area contributed by atoms with Crippen molar-refractivity contribution in [2.24, 2.45) is 11.8 Å². The molecule has 1 aliphatic carbocycles. The lowest BCUT2D eigenvalue weighted by Gasteiger charge is -2.25. The van der Waals surface area contributed by atoms with Crippen LogP contribution >= 0.6 is 0 Å². The second kappa shape index (κ2) is 7.02. The van der Waals surface area contributed by atoms with Crippen LogP contribution in [-0.4, -0.2) is 21.9 Å².